The molecule has 3 N–H and O–H groups in total. The SMILES string of the molecule is CCOC(=O)CNC(=O)NC1(C(=O)O)CCCCCC1. The highest BCUT2D eigenvalue weighted by atomic mass is 16.5. The lowest BCUT2D eigenvalue weighted by Gasteiger charge is -2.29. The minimum atomic E-state index is -1.23. The third kappa shape index (κ3) is 4.71. The number of carbonyl (C=O) groups is 3. The van der Waals surface area contributed by atoms with Crippen molar-refractivity contribution < 1.29 is 24.2 Å². The summed E-state index contributed by atoms with van der Waals surface area (Å²) in [6, 6.07) is -0.651. The van der Waals surface area contributed by atoms with E-state index in [1.807, 2.05) is 0 Å². The standard InChI is InChI=1S/C13H22N2O5/c1-2-20-10(16)9-14-12(19)15-13(11(17)18)7-5-3-4-6-8-13/h2-9H2,1H3,(H,17,18)(H2,14,15,19). The van der Waals surface area contributed by atoms with E-state index in [0.717, 1.165) is 25.7 Å². The molecule has 1 aliphatic carbocycles. The first-order valence-electron chi connectivity index (χ1n) is 6.95. The number of carbonyl (C=O) groups excluding carboxylic acids is 2. The smallest absolute Gasteiger partial charge is 0.329 e. The third-order valence-corrected chi connectivity index (χ3v) is 3.42. The lowest BCUT2D eigenvalue weighted by atomic mass is 9.90. The van der Waals surface area contributed by atoms with E-state index in [9.17, 15) is 19.5 Å². The van der Waals surface area contributed by atoms with Crippen molar-refractivity contribution in [2.75, 3.05) is 13.2 Å². The second-order valence-electron chi connectivity index (χ2n) is 4.91. The van der Waals surface area contributed by atoms with Gasteiger partial charge in [0.25, 0.3) is 0 Å². The van der Waals surface area contributed by atoms with Crippen molar-refractivity contribution in [1.82, 2.24) is 10.6 Å². The highest BCUT2D eigenvalue weighted by molar-refractivity contribution is 5.87. The minimum absolute atomic E-state index is 0.237. The number of carboxylic acid groups (broad SMARTS) is 1. The molecule has 0 aromatic carbocycles. The largest absolute Gasteiger partial charge is 0.480 e. The van der Waals surface area contributed by atoms with Crippen LogP contribution in [0.4, 0.5) is 4.79 Å². The van der Waals surface area contributed by atoms with E-state index in [-0.39, 0.29) is 13.2 Å². The molecule has 0 saturated heterocycles. The van der Waals surface area contributed by atoms with Crippen LogP contribution in [-0.4, -0.2) is 41.8 Å². The van der Waals surface area contributed by atoms with Crippen LogP contribution in [0, 0.1) is 0 Å². The first-order chi connectivity index (χ1) is 9.50. The zero-order valence-electron chi connectivity index (χ0n) is 11.7. The summed E-state index contributed by atoms with van der Waals surface area (Å²) >= 11 is 0. The highest BCUT2D eigenvalue weighted by Gasteiger charge is 2.40. The lowest BCUT2D eigenvalue weighted by molar-refractivity contribution is -0.145. The van der Waals surface area contributed by atoms with Crippen LogP contribution >= 0.6 is 0 Å². The van der Waals surface area contributed by atoms with Crippen molar-refractivity contribution >= 4 is 18.0 Å². The van der Waals surface area contributed by atoms with Crippen molar-refractivity contribution in [1.29, 1.82) is 0 Å². The fraction of sp³-hybridized carbons (Fsp3) is 0.769. The fourth-order valence-corrected chi connectivity index (χ4v) is 2.35. The van der Waals surface area contributed by atoms with Crippen molar-refractivity contribution in [3.05, 3.63) is 0 Å². The predicted octanol–water partition coefficient (Wildman–Crippen LogP) is 1.03. The number of hydrogen-bond acceptors (Lipinski definition) is 4. The molecule has 0 spiro atoms. The van der Waals surface area contributed by atoms with E-state index in [0.29, 0.717) is 12.8 Å². The third-order valence-electron chi connectivity index (χ3n) is 3.42. The zero-order chi connectivity index (χ0) is 15.0. The predicted molar refractivity (Wildman–Crippen MR) is 71.2 cm³/mol. The molecule has 0 heterocycles. The lowest BCUT2D eigenvalue weighted by Crippen LogP contribution is -2.57. The maximum absolute atomic E-state index is 11.7. The Morgan fingerprint density at radius 1 is 1.15 bits per heavy atom. The Balaban J connectivity index is 2.54. The van der Waals surface area contributed by atoms with Gasteiger partial charge in [0.1, 0.15) is 12.1 Å². The zero-order valence-corrected chi connectivity index (χ0v) is 11.7. The van der Waals surface area contributed by atoms with Crippen LogP contribution in [0.5, 0.6) is 0 Å². The summed E-state index contributed by atoms with van der Waals surface area (Å²) in [5.41, 5.74) is -1.23. The average molecular weight is 286 g/mol. The molecule has 1 saturated carbocycles. The first-order valence-corrected chi connectivity index (χ1v) is 6.95. The molecule has 20 heavy (non-hydrogen) atoms. The van der Waals surface area contributed by atoms with E-state index in [2.05, 4.69) is 15.4 Å². The van der Waals surface area contributed by atoms with Crippen molar-refractivity contribution in [3.63, 3.8) is 0 Å². The molecule has 1 rings (SSSR count). The van der Waals surface area contributed by atoms with Gasteiger partial charge in [0.15, 0.2) is 0 Å². The number of aliphatic carboxylic acids is 1. The van der Waals surface area contributed by atoms with Gasteiger partial charge in [0, 0.05) is 0 Å². The molecule has 0 atom stereocenters. The molecule has 2 amide bonds. The summed E-state index contributed by atoms with van der Waals surface area (Å²) in [6.45, 7) is 1.64. The Morgan fingerprint density at radius 2 is 1.75 bits per heavy atom. The Kier molecular flexibility index (Phi) is 6.27. The second-order valence-corrected chi connectivity index (χ2v) is 4.91. The van der Waals surface area contributed by atoms with Crippen LogP contribution in [-0.2, 0) is 14.3 Å². The van der Waals surface area contributed by atoms with Gasteiger partial charge in [-0.15, -0.1) is 0 Å². The number of urea groups is 1. The van der Waals surface area contributed by atoms with Crippen molar-refractivity contribution in [2.45, 2.75) is 51.0 Å². The summed E-state index contributed by atoms with van der Waals surface area (Å²) < 4.78 is 4.68. The molecule has 1 aliphatic rings. The molecule has 0 aromatic rings. The van der Waals surface area contributed by atoms with Crippen LogP contribution in [0.1, 0.15) is 45.4 Å². The topological polar surface area (TPSA) is 105 Å². The Hall–Kier alpha value is -1.79. The second kappa shape index (κ2) is 7.72. The molecule has 0 aliphatic heterocycles. The molecule has 114 valence electrons. The van der Waals surface area contributed by atoms with Gasteiger partial charge < -0.3 is 20.5 Å². The molecular weight excluding hydrogens is 264 g/mol. The minimum Gasteiger partial charge on any atom is -0.480 e. The van der Waals surface area contributed by atoms with Crippen LogP contribution < -0.4 is 10.6 Å². The maximum Gasteiger partial charge on any atom is 0.329 e. The van der Waals surface area contributed by atoms with Gasteiger partial charge in [-0.05, 0) is 19.8 Å². The van der Waals surface area contributed by atoms with Gasteiger partial charge in [-0.1, -0.05) is 25.7 Å². The van der Waals surface area contributed by atoms with Gasteiger partial charge in [0.2, 0.25) is 0 Å². The summed E-state index contributed by atoms with van der Waals surface area (Å²) in [6.07, 6.45) is 4.31. The summed E-state index contributed by atoms with van der Waals surface area (Å²) in [7, 11) is 0. The molecule has 7 heteroatoms. The van der Waals surface area contributed by atoms with Gasteiger partial charge in [-0.2, -0.15) is 0 Å². The first kappa shape index (κ1) is 16.3. The van der Waals surface area contributed by atoms with Crippen LogP contribution in [0.15, 0.2) is 0 Å². The number of amides is 2. The van der Waals surface area contributed by atoms with Gasteiger partial charge in [-0.25, -0.2) is 9.59 Å². The summed E-state index contributed by atoms with van der Waals surface area (Å²) in [5, 5.41) is 14.2. The molecular formula is C13H22N2O5. The monoisotopic (exact) mass is 286 g/mol. The Bertz CT molecular complexity index is 362. The van der Waals surface area contributed by atoms with Crippen LogP contribution in [0.25, 0.3) is 0 Å². The average Bonchev–Trinajstić information content (AvgIpc) is 2.63. The van der Waals surface area contributed by atoms with Crippen molar-refractivity contribution in [2.24, 2.45) is 0 Å². The molecule has 0 bridgehead atoms. The molecule has 0 unspecified atom stereocenters. The van der Waals surface area contributed by atoms with Gasteiger partial charge in [-0.3, -0.25) is 4.79 Å². The number of rotatable bonds is 5. The van der Waals surface area contributed by atoms with Crippen LogP contribution in [0.3, 0.4) is 0 Å². The van der Waals surface area contributed by atoms with Crippen molar-refractivity contribution in [3.8, 4) is 0 Å². The summed E-state index contributed by atoms with van der Waals surface area (Å²) in [5.74, 6) is -1.57. The van der Waals surface area contributed by atoms with Crippen LogP contribution in [0.2, 0.25) is 0 Å². The summed E-state index contributed by atoms with van der Waals surface area (Å²) in [4.78, 5) is 34.3. The number of nitrogens with one attached hydrogen (secondary N) is 2. The normalized spacial score (nSPS) is 17.6. The Morgan fingerprint density at radius 3 is 2.25 bits per heavy atom. The number of hydrogen-bond donors (Lipinski definition) is 3. The number of ether oxygens (including phenoxy) is 1. The number of carboxylic acids is 1. The maximum atomic E-state index is 11.7. The molecule has 1 fully saturated rings. The Labute approximate surface area is 118 Å². The fourth-order valence-electron chi connectivity index (χ4n) is 2.35. The quantitative estimate of drug-likeness (QED) is 0.517. The van der Waals surface area contributed by atoms with E-state index in [1.54, 1.807) is 6.92 Å². The molecule has 0 radical (unpaired) electrons. The van der Waals surface area contributed by atoms with E-state index >= 15 is 0 Å². The molecule has 0 aromatic heterocycles. The number of esters is 1. The van der Waals surface area contributed by atoms with E-state index in [4.69, 9.17) is 0 Å². The highest BCUT2D eigenvalue weighted by Crippen LogP contribution is 2.27. The molecule has 7 nitrogen and oxygen atoms in total. The van der Waals surface area contributed by atoms with Gasteiger partial charge in [0.05, 0.1) is 6.61 Å². The van der Waals surface area contributed by atoms with E-state index < -0.39 is 23.5 Å². The van der Waals surface area contributed by atoms with E-state index in [1.165, 1.54) is 0 Å². The van der Waals surface area contributed by atoms with Gasteiger partial charge >= 0.3 is 18.0 Å².